The second kappa shape index (κ2) is 9.60. The predicted molar refractivity (Wildman–Crippen MR) is 106 cm³/mol. The van der Waals surface area contributed by atoms with Crippen LogP contribution >= 0.6 is 23.5 Å². The number of carbonyl (C=O) groups excluding carboxylic acids is 1. The molecule has 1 aliphatic rings. The van der Waals surface area contributed by atoms with Crippen molar-refractivity contribution in [3.05, 3.63) is 41.5 Å². The van der Waals surface area contributed by atoms with Crippen molar-refractivity contribution < 1.29 is 9.53 Å². The normalized spacial score (nSPS) is 14.0. The monoisotopic (exact) mass is 401 g/mol. The minimum Gasteiger partial charge on any atom is -0.378 e. The summed E-state index contributed by atoms with van der Waals surface area (Å²) >= 11 is 2.66. The second-order valence-corrected chi connectivity index (χ2v) is 7.68. The third kappa shape index (κ3) is 5.35. The molecular formula is C18H19N5O2S2. The van der Waals surface area contributed by atoms with Gasteiger partial charge in [0.2, 0.25) is 11.9 Å². The molecule has 1 saturated heterocycles. The van der Waals surface area contributed by atoms with Gasteiger partial charge >= 0.3 is 0 Å². The Labute approximate surface area is 166 Å². The molecule has 1 aliphatic heterocycles. The summed E-state index contributed by atoms with van der Waals surface area (Å²) in [6, 6.07) is 12.2. The van der Waals surface area contributed by atoms with E-state index >= 15 is 0 Å². The number of nitriles is 1. The minimum absolute atomic E-state index is 0.0665. The van der Waals surface area contributed by atoms with E-state index in [0.717, 1.165) is 5.56 Å². The third-order valence-corrected chi connectivity index (χ3v) is 5.85. The lowest BCUT2D eigenvalue weighted by Gasteiger charge is -2.27. The van der Waals surface area contributed by atoms with Crippen molar-refractivity contribution in [3.8, 4) is 6.07 Å². The Hall–Kier alpha value is -2.28. The van der Waals surface area contributed by atoms with Crippen LogP contribution in [0.4, 0.5) is 5.95 Å². The maximum atomic E-state index is 11.2. The van der Waals surface area contributed by atoms with Crippen LogP contribution in [0.1, 0.15) is 11.1 Å². The van der Waals surface area contributed by atoms with E-state index in [2.05, 4.69) is 16.0 Å². The van der Waals surface area contributed by atoms with Gasteiger partial charge in [-0.1, -0.05) is 42.1 Å². The van der Waals surface area contributed by atoms with Crippen LogP contribution in [0.5, 0.6) is 0 Å². The Morgan fingerprint density at radius 2 is 1.85 bits per heavy atom. The Bertz CT molecular complexity index is 836. The van der Waals surface area contributed by atoms with Gasteiger partial charge in [-0.05, 0) is 5.56 Å². The molecule has 140 valence electrons. The number of nitrogens with two attached hydrogens (primary N) is 1. The maximum Gasteiger partial charge on any atom is 0.227 e. The Morgan fingerprint density at radius 1 is 1.19 bits per heavy atom. The van der Waals surface area contributed by atoms with E-state index in [1.165, 1.54) is 23.5 Å². The Kier molecular flexibility index (Phi) is 6.92. The number of anilines is 1. The highest BCUT2D eigenvalue weighted by Crippen LogP contribution is 2.32. The van der Waals surface area contributed by atoms with E-state index < -0.39 is 5.91 Å². The van der Waals surface area contributed by atoms with Crippen molar-refractivity contribution in [2.45, 2.75) is 15.8 Å². The van der Waals surface area contributed by atoms with Crippen LogP contribution in [-0.2, 0) is 15.3 Å². The molecule has 2 N–H and O–H groups in total. The highest BCUT2D eigenvalue weighted by atomic mass is 32.2. The molecule has 1 fully saturated rings. The van der Waals surface area contributed by atoms with Crippen LogP contribution < -0.4 is 10.6 Å². The lowest BCUT2D eigenvalue weighted by Crippen LogP contribution is -2.37. The molecule has 0 spiro atoms. The van der Waals surface area contributed by atoms with E-state index in [1.54, 1.807) is 0 Å². The number of carbonyl (C=O) groups is 1. The first kappa shape index (κ1) is 19.5. The van der Waals surface area contributed by atoms with Crippen LogP contribution in [-0.4, -0.2) is 47.9 Å². The van der Waals surface area contributed by atoms with Crippen molar-refractivity contribution in [1.29, 1.82) is 5.26 Å². The number of nitrogens with zero attached hydrogens (tertiary/aromatic N) is 4. The van der Waals surface area contributed by atoms with Gasteiger partial charge in [-0.15, -0.1) is 11.8 Å². The molecule has 27 heavy (non-hydrogen) atoms. The molecule has 0 bridgehead atoms. The molecule has 1 aromatic heterocycles. The molecule has 0 atom stereocenters. The molecule has 2 aromatic rings. The average Bonchev–Trinajstić information content (AvgIpc) is 2.71. The third-order valence-electron chi connectivity index (χ3n) is 3.81. The van der Waals surface area contributed by atoms with E-state index in [0.29, 0.717) is 53.6 Å². The van der Waals surface area contributed by atoms with Crippen LogP contribution in [0.3, 0.4) is 0 Å². The number of aromatic nitrogens is 2. The first-order valence-corrected chi connectivity index (χ1v) is 10.4. The molecule has 0 unspecified atom stereocenters. The zero-order valence-corrected chi connectivity index (χ0v) is 16.3. The summed E-state index contributed by atoms with van der Waals surface area (Å²) < 4.78 is 5.39. The molecule has 0 saturated carbocycles. The summed E-state index contributed by atoms with van der Waals surface area (Å²) in [5, 5.41) is 10.8. The molecule has 1 aromatic carbocycles. The lowest BCUT2D eigenvalue weighted by atomic mass is 10.2. The maximum absolute atomic E-state index is 11.2. The summed E-state index contributed by atoms with van der Waals surface area (Å²) in [6.45, 7) is 2.60. The number of amides is 1. The molecule has 7 nitrogen and oxygen atoms in total. The van der Waals surface area contributed by atoms with Crippen molar-refractivity contribution >= 4 is 35.4 Å². The molecule has 0 radical (unpaired) electrons. The minimum atomic E-state index is -0.450. The smallest absolute Gasteiger partial charge is 0.227 e. The second-order valence-electron chi connectivity index (χ2n) is 5.75. The lowest BCUT2D eigenvalue weighted by molar-refractivity contribution is -0.115. The van der Waals surface area contributed by atoms with Gasteiger partial charge in [0.15, 0.2) is 0 Å². The summed E-state index contributed by atoms with van der Waals surface area (Å²) in [4.78, 5) is 22.4. The summed E-state index contributed by atoms with van der Waals surface area (Å²) in [6.07, 6.45) is 0. The number of primary amides is 1. The summed E-state index contributed by atoms with van der Waals surface area (Å²) in [5.41, 5.74) is 6.80. The molecule has 9 heteroatoms. The topological polar surface area (TPSA) is 105 Å². The van der Waals surface area contributed by atoms with Crippen molar-refractivity contribution in [1.82, 2.24) is 9.97 Å². The number of morpholine rings is 1. The fraction of sp³-hybridized carbons (Fsp3) is 0.333. The van der Waals surface area contributed by atoms with Gasteiger partial charge in [-0.2, -0.15) is 5.26 Å². The first-order valence-electron chi connectivity index (χ1n) is 8.40. The fourth-order valence-electron chi connectivity index (χ4n) is 2.48. The van der Waals surface area contributed by atoms with Gasteiger partial charge in [-0.3, -0.25) is 4.79 Å². The van der Waals surface area contributed by atoms with Gasteiger partial charge < -0.3 is 15.4 Å². The van der Waals surface area contributed by atoms with Crippen molar-refractivity contribution in [2.75, 3.05) is 37.0 Å². The first-order chi connectivity index (χ1) is 13.2. The summed E-state index contributed by atoms with van der Waals surface area (Å²) in [7, 11) is 0. The SMILES string of the molecule is N#Cc1c(SCC(N)=O)nc(N2CCOCC2)nc1SCc1ccccc1. The van der Waals surface area contributed by atoms with Gasteiger partial charge in [0.25, 0.3) is 0 Å². The highest BCUT2D eigenvalue weighted by molar-refractivity contribution is 8.00. The fourth-order valence-corrected chi connectivity index (χ4v) is 4.19. The van der Waals surface area contributed by atoms with Gasteiger partial charge in [0, 0.05) is 18.8 Å². The van der Waals surface area contributed by atoms with Crippen LogP contribution in [0.25, 0.3) is 0 Å². The number of ether oxygens (including phenoxy) is 1. The number of thioether (sulfide) groups is 2. The van der Waals surface area contributed by atoms with E-state index in [4.69, 9.17) is 10.5 Å². The quantitative estimate of drug-likeness (QED) is 0.555. The van der Waals surface area contributed by atoms with E-state index in [9.17, 15) is 10.1 Å². The van der Waals surface area contributed by atoms with Crippen LogP contribution in [0, 0.1) is 11.3 Å². The largest absolute Gasteiger partial charge is 0.378 e. The Morgan fingerprint density at radius 3 is 2.48 bits per heavy atom. The molecule has 2 heterocycles. The molecule has 1 amide bonds. The van der Waals surface area contributed by atoms with Crippen molar-refractivity contribution in [3.63, 3.8) is 0 Å². The number of hydrogen-bond donors (Lipinski definition) is 1. The highest BCUT2D eigenvalue weighted by Gasteiger charge is 2.21. The predicted octanol–water partition coefficient (Wildman–Crippen LogP) is 2.05. The molecular weight excluding hydrogens is 382 g/mol. The summed E-state index contributed by atoms with van der Waals surface area (Å²) in [5.74, 6) is 0.861. The zero-order chi connectivity index (χ0) is 19.1. The molecule has 0 aliphatic carbocycles. The zero-order valence-electron chi connectivity index (χ0n) is 14.6. The Balaban J connectivity index is 1.91. The number of rotatable bonds is 7. The van der Waals surface area contributed by atoms with Crippen LogP contribution in [0.2, 0.25) is 0 Å². The van der Waals surface area contributed by atoms with Gasteiger partial charge in [0.1, 0.15) is 21.7 Å². The van der Waals surface area contributed by atoms with E-state index in [1.807, 2.05) is 35.2 Å². The number of hydrogen-bond acceptors (Lipinski definition) is 8. The molecule has 3 rings (SSSR count). The van der Waals surface area contributed by atoms with E-state index in [-0.39, 0.29) is 5.75 Å². The van der Waals surface area contributed by atoms with Gasteiger partial charge in [0.05, 0.1) is 19.0 Å². The van der Waals surface area contributed by atoms with Crippen molar-refractivity contribution in [2.24, 2.45) is 5.73 Å². The number of benzene rings is 1. The standard InChI is InChI=1S/C18H19N5O2S2/c19-10-14-16(26-11-13-4-2-1-3-5-13)21-18(23-6-8-25-9-7-23)22-17(14)27-12-15(20)24/h1-5H,6-9,11-12H2,(H2,20,24). The average molecular weight is 402 g/mol. The van der Waals surface area contributed by atoms with Crippen LogP contribution in [0.15, 0.2) is 40.4 Å². The van der Waals surface area contributed by atoms with Gasteiger partial charge in [-0.25, -0.2) is 9.97 Å².